The molecule has 4 rings (SSSR count). The summed E-state index contributed by atoms with van der Waals surface area (Å²) in [6.45, 7) is 9.42. The van der Waals surface area contributed by atoms with E-state index in [1.165, 1.54) is 4.90 Å². The number of aryl methyl sites for hydroxylation is 1. The first kappa shape index (κ1) is 33.4. The highest BCUT2D eigenvalue weighted by Crippen LogP contribution is 2.28. The highest BCUT2D eigenvalue weighted by atomic mass is 16.2. The predicted molar refractivity (Wildman–Crippen MR) is 175 cm³/mol. The number of likely N-dealkylation sites (N-methyl/N-ethyl adjacent to an activating group) is 1. The predicted octanol–water partition coefficient (Wildman–Crippen LogP) is 3.74. The van der Waals surface area contributed by atoms with Gasteiger partial charge in [0.15, 0.2) is 0 Å². The van der Waals surface area contributed by atoms with Gasteiger partial charge in [0.2, 0.25) is 17.7 Å². The third-order valence-electron chi connectivity index (χ3n) is 8.31. The summed E-state index contributed by atoms with van der Waals surface area (Å²) in [5, 5.41) is 12.0. The van der Waals surface area contributed by atoms with Crippen molar-refractivity contribution < 1.29 is 19.2 Å². The molecule has 1 saturated heterocycles. The van der Waals surface area contributed by atoms with Gasteiger partial charge in [0.1, 0.15) is 12.1 Å². The maximum Gasteiger partial charge on any atom is 0.251 e. The third kappa shape index (κ3) is 8.36. The highest BCUT2D eigenvalue weighted by Gasteiger charge is 2.46. The summed E-state index contributed by atoms with van der Waals surface area (Å²) in [6, 6.07) is 23.4. The maximum absolute atomic E-state index is 14.3. The van der Waals surface area contributed by atoms with E-state index in [-0.39, 0.29) is 36.6 Å². The van der Waals surface area contributed by atoms with Gasteiger partial charge in [-0.25, -0.2) is 0 Å². The summed E-state index contributed by atoms with van der Waals surface area (Å²) in [7, 11) is 1.68. The van der Waals surface area contributed by atoms with E-state index in [0.29, 0.717) is 5.56 Å². The van der Waals surface area contributed by atoms with Crippen molar-refractivity contribution in [2.24, 2.45) is 5.41 Å². The zero-order valence-corrected chi connectivity index (χ0v) is 27.0. The van der Waals surface area contributed by atoms with Gasteiger partial charge in [-0.1, -0.05) is 99.1 Å². The molecule has 0 spiro atoms. The van der Waals surface area contributed by atoms with E-state index in [1.807, 2.05) is 100 Å². The second kappa shape index (κ2) is 14.5. The van der Waals surface area contributed by atoms with Gasteiger partial charge >= 0.3 is 0 Å². The number of carbonyl (C=O) groups excluding carboxylic acids is 4. The zero-order valence-electron chi connectivity index (χ0n) is 27.0. The lowest BCUT2D eigenvalue weighted by atomic mass is 9.85. The number of nitrogens with one attached hydrogen (secondary N) is 4. The lowest BCUT2D eigenvalue weighted by Gasteiger charge is -2.36. The topological polar surface area (TPSA) is 120 Å². The van der Waals surface area contributed by atoms with Crippen LogP contribution >= 0.6 is 0 Å². The summed E-state index contributed by atoms with van der Waals surface area (Å²) in [5.74, 6) is -1.30. The molecule has 0 saturated carbocycles. The lowest BCUT2D eigenvalue weighted by Crippen LogP contribution is -2.59. The molecular weight excluding hydrogens is 566 g/mol. The van der Waals surface area contributed by atoms with Gasteiger partial charge in [0.05, 0.1) is 12.1 Å². The molecule has 0 radical (unpaired) electrons. The first-order valence-corrected chi connectivity index (χ1v) is 15.4. The number of amides is 4. The third-order valence-corrected chi connectivity index (χ3v) is 8.31. The van der Waals surface area contributed by atoms with Crippen molar-refractivity contribution in [2.45, 2.75) is 71.2 Å². The molecule has 1 fully saturated rings. The van der Waals surface area contributed by atoms with Crippen LogP contribution in [0.4, 0.5) is 0 Å². The first-order chi connectivity index (χ1) is 21.4. The molecule has 1 aliphatic rings. The Morgan fingerprint density at radius 2 is 1.38 bits per heavy atom. The second-order valence-corrected chi connectivity index (χ2v) is 12.9. The molecule has 45 heavy (non-hydrogen) atoms. The van der Waals surface area contributed by atoms with Crippen LogP contribution < -0.4 is 21.3 Å². The minimum atomic E-state index is -0.901. The zero-order chi connectivity index (χ0) is 32.7. The fourth-order valence-electron chi connectivity index (χ4n) is 5.51. The van der Waals surface area contributed by atoms with Gasteiger partial charge in [0, 0.05) is 18.2 Å². The Morgan fingerprint density at radius 1 is 0.822 bits per heavy atom. The van der Waals surface area contributed by atoms with E-state index in [0.717, 1.165) is 16.7 Å². The van der Waals surface area contributed by atoms with Crippen molar-refractivity contribution in [2.75, 3.05) is 13.6 Å². The first-order valence-electron chi connectivity index (χ1n) is 15.4. The standard InChI is InChI=1S/C36H45N5O4/c1-23-17-19-27(20-18-23)33(43)38-28-21-29(41(22-28)35(45)31(36(3,4)5)40-32(42)24(2)37-6)34(44)39-30(25-13-9-7-10-14-25)26-15-11-8-12-16-26/h7-20,24,28-31,37H,21-22H2,1-6H3,(H,38,43)(H,39,44)(H,40,42)/t24-,28-,29-,31+/m0/s1. The van der Waals surface area contributed by atoms with Crippen LogP contribution in [0.3, 0.4) is 0 Å². The molecule has 9 heteroatoms. The number of nitrogens with zero attached hydrogens (tertiary/aromatic N) is 1. The van der Waals surface area contributed by atoms with Crippen LogP contribution in [0.2, 0.25) is 0 Å². The molecule has 4 atom stereocenters. The molecule has 0 bridgehead atoms. The average Bonchev–Trinajstić information content (AvgIpc) is 3.46. The number of rotatable bonds is 10. The van der Waals surface area contributed by atoms with Crippen LogP contribution in [-0.4, -0.2) is 66.3 Å². The summed E-state index contributed by atoms with van der Waals surface area (Å²) in [4.78, 5) is 56.1. The molecule has 238 valence electrons. The van der Waals surface area contributed by atoms with E-state index in [4.69, 9.17) is 0 Å². The molecule has 4 N–H and O–H groups in total. The lowest BCUT2D eigenvalue weighted by molar-refractivity contribution is -0.144. The van der Waals surface area contributed by atoms with Gasteiger partial charge in [-0.3, -0.25) is 19.2 Å². The number of benzene rings is 3. The van der Waals surface area contributed by atoms with E-state index >= 15 is 0 Å². The van der Waals surface area contributed by atoms with Gasteiger partial charge in [-0.15, -0.1) is 0 Å². The SMILES string of the molecule is CN[C@@H](C)C(=O)N[C@H](C(=O)N1C[C@@H](NC(=O)c2ccc(C)cc2)C[C@H]1C(=O)NC(c1ccccc1)c1ccccc1)C(C)(C)C. The second-order valence-electron chi connectivity index (χ2n) is 12.9. The summed E-state index contributed by atoms with van der Waals surface area (Å²) < 4.78 is 0. The van der Waals surface area contributed by atoms with Crippen LogP contribution in [-0.2, 0) is 14.4 Å². The molecule has 4 amide bonds. The van der Waals surface area contributed by atoms with Gasteiger partial charge < -0.3 is 26.2 Å². The van der Waals surface area contributed by atoms with Crippen molar-refractivity contribution in [3.05, 3.63) is 107 Å². The Labute approximate surface area is 266 Å². The van der Waals surface area contributed by atoms with E-state index < -0.39 is 35.6 Å². The van der Waals surface area contributed by atoms with Crippen molar-refractivity contribution in [3.63, 3.8) is 0 Å². The largest absolute Gasteiger partial charge is 0.347 e. The Morgan fingerprint density at radius 3 is 1.89 bits per heavy atom. The number of likely N-dealkylation sites (tertiary alicyclic amines) is 1. The van der Waals surface area contributed by atoms with E-state index in [1.54, 1.807) is 26.1 Å². The van der Waals surface area contributed by atoms with E-state index in [2.05, 4.69) is 21.3 Å². The van der Waals surface area contributed by atoms with Crippen molar-refractivity contribution >= 4 is 23.6 Å². The minimum absolute atomic E-state index is 0.125. The minimum Gasteiger partial charge on any atom is -0.347 e. The van der Waals surface area contributed by atoms with Crippen LogP contribution in [0.25, 0.3) is 0 Å². The fraction of sp³-hybridized carbons (Fsp3) is 0.389. The molecule has 3 aromatic carbocycles. The van der Waals surface area contributed by atoms with Crippen molar-refractivity contribution in [1.29, 1.82) is 0 Å². The molecule has 1 heterocycles. The molecule has 0 aliphatic carbocycles. The van der Waals surface area contributed by atoms with Gasteiger partial charge in [0.25, 0.3) is 5.91 Å². The number of hydrogen-bond acceptors (Lipinski definition) is 5. The Balaban J connectivity index is 1.65. The fourth-order valence-corrected chi connectivity index (χ4v) is 5.51. The molecule has 0 unspecified atom stereocenters. The normalized spacial score (nSPS) is 17.8. The van der Waals surface area contributed by atoms with Crippen LogP contribution in [0.15, 0.2) is 84.9 Å². The molecule has 3 aromatic rings. The van der Waals surface area contributed by atoms with Crippen LogP contribution in [0, 0.1) is 12.3 Å². The molecular formula is C36H45N5O4. The van der Waals surface area contributed by atoms with Crippen LogP contribution in [0.1, 0.15) is 67.2 Å². The Bertz CT molecular complexity index is 1430. The summed E-state index contributed by atoms with van der Waals surface area (Å²) in [5.41, 5.74) is 2.69. The maximum atomic E-state index is 14.3. The molecule has 9 nitrogen and oxygen atoms in total. The monoisotopic (exact) mass is 611 g/mol. The van der Waals surface area contributed by atoms with Gasteiger partial charge in [-0.2, -0.15) is 0 Å². The summed E-state index contributed by atoms with van der Waals surface area (Å²) in [6.07, 6.45) is 0.225. The Hall–Kier alpha value is -4.50. The Kier molecular flexibility index (Phi) is 10.8. The number of carbonyl (C=O) groups is 4. The van der Waals surface area contributed by atoms with Crippen molar-refractivity contribution in [3.8, 4) is 0 Å². The molecule has 1 aliphatic heterocycles. The van der Waals surface area contributed by atoms with Crippen molar-refractivity contribution in [1.82, 2.24) is 26.2 Å². The summed E-state index contributed by atoms with van der Waals surface area (Å²) >= 11 is 0. The average molecular weight is 612 g/mol. The number of hydrogen-bond donors (Lipinski definition) is 4. The van der Waals surface area contributed by atoms with E-state index in [9.17, 15) is 19.2 Å². The quantitative estimate of drug-likeness (QED) is 0.279. The highest BCUT2D eigenvalue weighted by molar-refractivity contribution is 5.96. The van der Waals surface area contributed by atoms with Gasteiger partial charge in [-0.05, 0) is 56.0 Å². The smallest absolute Gasteiger partial charge is 0.251 e. The molecule has 0 aromatic heterocycles. The van der Waals surface area contributed by atoms with Crippen LogP contribution in [0.5, 0.6) is 0 Å².